The number of carbonyl (C=O) groups excluding carboxylic acids is 1. The van der Waals surface area contributed by atoms with Crippen molar-refractivity contribution in [2.45, 2.75) is 25.3 Å². The van der Waals surface area contributed by atoms with Crippen LogP contribution < -0.4 is 5.32 Å². The summed E-state index contributed by atoms with van der Waals surface area (Å²) in [4.78, 5) is 19.2. The highest BCUT2D eigenvalue weighted by atomic mass is 16.2. The fourth-order valence-corrected chi connectivity index (χ4v) is 3.92. The maximum Gasteiger partial charge on any atom is 0.238 e. The highest BCUT2D eigenvalue weighted by Crippen LogP contribution is 2.33. The lowest BCUT2D eigenvalue weighted by Gasteiger charge is -2.32. The lowest BCUT2D eigenvalue weighted by Crippen LogP contribution is -2.34. The van der Waals surface area contributed by atoms with Gasteiger partial charge in [0.05, 0.1) is 17.7 Å². The Hall–Kier alpha value is -2.72. The van der Waals surface area contributed by atoms with Crippen LogP contribution in [0.15, 0.2) is 60.8 Å². The van der Waals surface area contributed by atoms with E-state index in [1.807, 2.05) is 37.4 Å². The van der Waals surface area contributed by atoms with Crippen molar-refractivity contribution < 1.29 is 4.79 Å². The van der Waals surface area contributed by atoms with E-state index in [1.54, 1.807) is 6.20 Å². The Morgan fingerprint density at radius 1 is 1.15 bits per heavy atom. The topological polar surface area (TPSA) is 45.2 Å². The summed E-state index contributed by atoms with van der Waals surface area (Å²) in [5.74, 6) is 0.00640. The molecule has 1 atom stereocenters. The SMILES string of the molecule is CN(CC(=O)Nc1cccc2ncccc12)C1CCCc2ccccc21. The van der Waals surface area contributed by atoms with Crippen molar-refractivity contribution >= 4 is 22.5 Å². The van der Waals surface area contributed by atoms with E-state index >= 15 is 0 Å². The van der Waals surface area contributed by atoms with Gasteiger partial charge in [-0.1, -0.05) is 30.3 Å². The average Bonchev–Trinajstić information content (AvgIpc) is 2.67. The van der Waals surface area contributed by atoms with Gasteiger partial charge in [0.15, 0.2) is 0 Å². The van der Waals surface area contributed by atoms with Gasteiger partial charge in [-0.15, -0.1) is 0 Å². The number of aromatic nitrogens is 1. The van der Waals surface area contributed by atoms with Crippen molar-refractivity contribution in [1.82, 2.24) is 9.88 Å². The molecule has 0 saturated carbocycles. The van der Waals surface area contributed by atoms with Crippen molar-refractivity contribution in [2.24, 2.45) is 0 Å². The number of likely N-dealkylation sites (N-methyl/N-ethyl adjacent to an activating group) is 1. The molecule has 1 amide bonds. The van der Waals surface area contributed by atoms with Crippen LogP contribution in [0.3, 0.4) is 0 Å². The predicted molar refractivity (Wildman–Crippen MR) is 105 cm³/mol. The van der Waals surface area contributed by atoms with E-state index in [9.17, 15) is 4.79 Å². The summed E-state index contributed by atoms with van der Waals surface area (Å²) in [5, 5.41) is 4.02. The molecule has 0 bridgehead atoms. The average molecular weight is 345 g/mol. The van der Waals surface area contributed by atoms with Gasteiger partial charge < -0.3 is 5.32 Å². The van der Waals surface area contributed by atoms with Crippen LogP contribution in [0.5, 0.6) is 0 Å². The molecule has 1 N–H and O–H groups in total. The normalized spacial score (nSPS) is 16.5. The van der Waals surface area contributed by atoms with Gasteiger partial charge in [0.1, 0.15) is 0 Å². The zero-order valence-electron chi connectivity index (χ0n) is 15.0. The first-order valence-corrected chi connectivity index (χ1v) is 9.14. The molecule has 1 aliphatic rings. The number of nitrogens with one attached hydrogen (secondary N) is 1. The highest BCUT2D eigenvalue weighted by molar-refractivity contribution is 6.01. The van der Waals surface area contributed by atoms with Crippen LogP contribution in [-0.2, 0) is 11.2 Å². The summed E-state index contributed by atoms with van der Waals surface area (Å²) < 4.78 is 0. The summed E-state index contributed by atoms with van der Waals surface area (Å²) in [7, 11) is 2.04. The molecule has 1 aliphatic carbocycles. The molecule has 26 heavy (non-hydrogen) atoms. The fraction of sp³-hybridized carbons (Fsp3) is 0.273. The number of fused-ring (bicyclic) bond motifs is 2. The summed E-state index contributed by atoms with van der Waals surface area (Å²) >= 11 is 0. The minimum atomic E-state index is 0.00640. The zero-order chi connectivity index (χ0) is 17.9. The summed E-state index contributed by atoms with van der Waals surface area (Å²) in [5.41, 5.74) is 4.48. The third-order valence-electron chi connectivity index (χ3n) is 5.18. The smallest absolute Gasteiger partial charge is 0.238 e. The maximum absolute atomic E-state index is 12.6. The largest absolute Gasteiger partial charge is 0.324 e. The van der Waals surface area contributed by atoms with Crippen molar-refractivity contribution in [2.75, 3.05) is 18.9 Å². The van der Waals surface area contributed by atoms with Crippen LogP contribution >= 0.6 is 0 Å². The van der Waals surface area contributed by atoms with Crippen molar-refractivity contribution in [3.63, 3.8) is 0 Å². The van der Waals surface area contributed by atoms with Crippen LogP contribution in [0.25, 0.3) is 10.9 Å². The molecule has 1 aromatic heterocycles. The molecule has 0 saturated heterocycles. The number of anilines is 1. The van der Waals surface area contributed by atoms with Crippen LogP contribution in [-0.4, -0.2) is 29.4 Å². The number of benzene rings is 2. The van der Waals surface area contributed by atoms with Crippen molar-refractivity contribution in [3.8, 4) is 0 Å². The molecule has 0 fully saturated rings. The van der Waals surface area contributed by atoms with E-state index in [2.05, 4.69) is 39.5 Å². The van der Waals surface area contributed by atoms with Crippen LogP contribution in [0, 0.1) is 0 Å². The molecule has 132 valence electrons. The molecular formula is C22H23N3O. The highest BCUT2D eigenvalue weighted by Gasteiger charge is 2.24. The quantitative estimate of drug-likeness (QED) is 0.771. The number of carbonyl (C=O) groups is 1. The number of hydrogen-bond donors (Lipinski definition) is 1. The van der Waals surface area contributed by atoms with E-state index in [0.717, 1.165) is 29.4 Å². The number of rotatable bonds is 4. The predicted octanol–water partition coefficient (Wildman–Crippen LogP) is 4.18. The molecule has 0 spiro atoms. The van der Waals surface area contributed by atoms with E-state index < -0.39 is 0 Å². The van der Waals surface area contributed by atoms with Crippen LogP contribution in [0.4, 0.5) is 5.69 Å². The molecule has 2 aromatic carbocycles. The molecular weight excluding hydrogens is 322 g/mol. The van der Waals surface area contributed by atoms with Gasteiger partial charge in [-0.05, 0) is 61.7 Å². The number of hydrogen-bond acceptors (Lipinski definition) is 3. The van der Waals surface area contributed by atoms with Crippen molar-refractivity contribution in [1.29, 1.82) is 0 Å². The molecule has 4 nitrogen and oxygen atoms in total. The van der Waals surface area contributed by atoms with E-state index in [4.69, 9.17) is 0 Å². The van der Waals surface area contributed by atoms with Gasteiger partial charge in [-0.3, -0.25) is 14.7 Å². The third-order valence-corrected chi connectivity index (χ3v) is 5.18. The Kier molecular flexibility index (Phi) is 4.67. The van der Waals surface area contributed by atoms with Gasteiger partial charge in [-0.25, -0.2) is 0 Å². The van der Waals surface area contributed by atoms with E-state index in [1.165, 1.54) is 17.5 Å². The maximum atomic E-state index is 12.6. The second-order valence-electron chi connectivity index (χ2n) is 6.95. The number of pyridine rings is 1. The zero-order valence-corrected chi connectivity index (χ0v) is 15.0. The number of aryl methyl sites for hydroxylation is 1. The summed E-state index contributed by atoms with van der Waals surface area (Å²) in [6.45, 7) is 0.371. The Labute approximate surface area is 153 Å². The van der Waals surface area contributed by atoms with Gasteiger partial charge >= 0.3 is 0 Å². The number of nitrogens with zero attached hydrogens (tertiary/aromatic N) is 2. The Morgan fingerprint density at radius 2 is 2.04 bits per heavy atom. The van der Waals surface area contributed by atoms with Gasteiger partial charge in [0.2, 0.25) is 5.91 Å². The lowest BCUT2D eigenvalue weighted by molar-refractivity contribution is -0.117. The second-order valence-corrected chi connectivity index (χ2v) is 6.95. The minimum Gasteiger partial charge on any atom is -0.324 e. The monoisotopic (exact) mass is 345 g/mol. The van der Waals surface area contributed by atoms with Crippen molar-refractivity contribution in [3.05, 3.63) is 71.9 Å². The van der Waals surface area contributed by atoms with Gasteiger partial charge in [-0.2, -0.15) is 0 Å². The van der Waals surface area contributed by atoms with Gasteiger partial charge in [0.25, 0.3) is 0 Å². The molecule has 4 heteroatoms. The third kappa shape index (κ3) is 3.33. The Bertz CT molecular complexity index is 932. The summed E-state index contributed by atoms with van der Waals surface area (Å²) in [6, 6.07) is 18.6. The standard InChI is InChI=1S/C22H23N3O/c1-25(21-13-4-8-16-7-2-3-9-17(16)21)15-22(26)24-20-12-5-11-19-18(20)10-6-14-23-19/h2-3,5-7,9-12,14,21H,4,8,13,15H2,1H3,(H,24,26). The van der Waals surface area contributed by atoms with Crippen LogP contribution in [0.2, 0.25) is 0 Å². The molecule has 1 unspecified atom stereocenters. The molecule has 4 rings (SSSR count). The lowest BCUT2D eigenvalue weighted by atomic mass is 9.87. The van der Waals surface area contributed by atoms with Crippen LogP contribution in [0.1, 0.15) is 30.0 Å². The first kappa shape index (κ1) is 16.7. The molecule has 0 radical (unpaired) electrons. The van der Waals surface area contributed by atoms with Gasteiger partial charge in [0, 0.05) is 17.6 Å². The Morgan fingerprint density at radius 3 is 2.96 bits per heavy atom. The molecule has 0 aliphatic heterocycles. The summed E-state index contributed by atoms with van der Waals surface area (Å²) in [6.07, 6.45) is 5.17. The first-order chi connectivity index (χ1) is 12.7. The minimum absolute atomic E-state index is 0.00640. The van der Waals surface area contributed by atoms with E-state index in [0.29, 0.717) is 12.6 Å². The molecule has 1 heterocycles. The van der Waals surface area contributed by atoms with E-state index in [-0.39, 0.29) is 5.91 Å². The number of amides is 1. The second kappa shape index (κ2) is 7.26. The fourth-order valence-electron chi connectivity index (χ4n) is 3.92. The molecule has 3 aromatic rings. The Balaban J connectivity index is 1.48. The first-order valence-electron chi connectivity index (χ1n) is 9.14.